The molecule has 10 heavy (non-hydrogen) atoms. The summed E-state index contributed by atoms with van der Waals surface area (Å²) in [6, 6.07) is 6.93. The van der Waals surface area contributed by atoms with E-state index in [0.29, 0.717) is 11.1 Å². The average Bonchev–Trinajstić information content (AvgIpc) is 1.89. The highest BCUT2D eigenvalue weighted by Gasteiger charge is 2.36. The van der Waals surface area contributed by atoms with Crippen molar-refractivity contribution in [2.45, 2.75) is 5.79 Å². The zero-order chi connectivity index (χ0) is 6.48. The Kier molecular flexibility index (Phi) is 1.29. The summed E-state index contributed by atoms with van der Waals surface area (Å²) in [6.45, 7) is 0. The van der Waals surface area contributed by atoms with E-state index in [0.717, 1.165) is 0 Å². The number of aliphatic hydroxyl groups is 2. The highest BCUT2D eigenvalue weighted by atomic mass is 16.5. The van der Waals surface area contributed by atoms with Crippen LogP contribution >= 0.6 is 0 Å². The number of fused-ring (bicyclic) bond motifs is 2. The minimum Gasteiger partial charge on any atom is -0.358 e. The van der Waals surface area contributed by atoms with Crippen LogP contribution in [0, 0.1) is 0 Å². The predicted molar refractivity (Wildman–Crippen MR) is 36.7 cm³/mol. The molecule has 2 aliphatic rings. The molecule has 3 nitrogen and oxygen atoms in total. The molecular weight excluding hydrogens is 130 g/mol. The minimum atomic E-state index is -1.63. The number of rotatable bonds is 0. The molecule has 0 heterocycles. The van der Waals surface area contributed by atoms with Gasteiger partial charge in [0.1, 0.15) is 0 Å². The Bertz CT molecular complexity index is 229. The molecule has 1 aromatic carbocycles. The van der Waals surface area contributed by atoms with Gasteiger partial charge in [0.15, 0.2) is 0 Å². The second-order valence-corrected chi connectivity index (χ2v) is 2.25. The lowest BCUT2D eigenvalue weighted by Crippen LogP contribution is -2.33. The Balaban J connectivity index is 0.000000500. The summed E-state index contributed by atoms with van der Waals surface area (Å²) >= 11 is 0. The van der Waals surface area contributed by atoms with Crippen molar-refractivity contribution in [3.63, 3.8) is 0 Å². The first-order chi connectivity index (χ1) is 4.21. The normalized spacial score (nSPS) is 17.0. The van der Waals surface area contributed by atoms with Gasteiger partial charge in [-0.3, -0.25) is 0 Å². The smallest absolute Gasteiger partial charge is 0.217 e. The first-order valence-electron chi connectivity index (χ1n) is 2.77. The molecule has 0 unspecified atom stereocenters. The van der Waals surface area contributed by atoms with Crippen molar-refractivity contribution in [1.29, 1.82) is 0 Å². The van der Waals surface area contributed by atoms with E-state index < -0.39 is 5.79 Å². The van der Waals surface area contributed by atoms with E-state index in [1.807, 2.05) is 0 Å². The fourth-order valence-electron chi connectivity index (χ4n) is 1.04. The third kappa shape index (κ3) is 0.593. The number of hydrogen-bond acceptors (Lipinski definition) is 3. The molecule has 2 aliphatic carbocycles. The van der Waals surface area contributed by atoms with Gasteiger partial charge in [-0.2, -0.15) is 0 Å². The fraction of sp³-hybridized carbons (Fsp3) is 0.143. The highest BCUT2D eigenvalue weighted by molar-refractivity contribution is 5.44. The molecule has 0 amide bonds. The second-order valence-electron chi connectivity index (χ2n) is 2.25. The maximum atomic E-state index is 9.06. The van der Waals surface area contributed by atoms with E-state index in [-0.39, 0.29) is 6.15 Å². The summed E-state index contributed by atoms with van der Waals surface area (Å²) in [5.41, 5.74) is 1.17. The Morgan fingerprint density at radius 3 is 1.80 bits per heavy atom. The van der Waals surface area contributed by atoms with Crippen LogP contribution in [0.25, 0.3) is 0 Å². The number of hydrogen-bond donors (Lipinski definition) is 3. The summed E-state index contributed by atoms with van der Waals surface area (Å²) in [5.74, 6) is -1.63. The van der Waals surface area contributed by atoms with E-state index in [1.165, 1.54) is 0 Å². The number of benzene rings is 1. The van der Waals surface area contributed by atoms with Gasteiger partial charge in [-0.25, -0.2) is 0 Å². The lowest BCUT2D eigenvalue weighted by Gasteiger charge is -2.31. The second kappa shape index (κ2) is 1.79. The van der Waals surface area contributed by atoms with Crippen molar-refractivity contribution in [3.05, 3.63) is 35.4 Å². The van der Waals surface area contributed by atoms with Gasteiger partial charge in [0.2, 0.25) is 5.79 Å². The van der Waals surface area contributed by atoms with E-state index in [2.05, 4.69) is 0 Å². The zero-order valence-corrected chi connectivity index (χ0v) is 5.41. The molecule has 0 atom stereocenters. The Morgan fingerprint density at radius 2 is 1.60 bits per heavy atom. The summed E-state index contributed by atoms with van der Waals surface area (Å²) in [5, 5.41) is 18.1. The molecule has 0 saturated heterocycles. The molecule has 0 radical (unpaired) electrons. The van der Waals surface area contributed by atoms with Gasteiger partial charge in [0.05, 0.1) is 0 Å². The molecule has 1 aromatic rings. The van der Waals surface area contributed by atoms with Crippen molar-refractivity contribution in [2.24, 2.45) is 0 Å². The first kappa shape index (κ1) is 7.21. The van der Waals surface area contributed by atoms with E-state index in [9.17, 15) is 0 Å². The predicted octanol–water partition coefficient (Wildman–Crippen LogP) is 0.348. The standard InChI is InChI=1S/C7H6O2.H3N/c8-7(9)5-2-1-3-6(7)4-5;/h1-4,8-9H;1H3. The van der Waals surface area contributed by atoms with Crippen LogP contribution in [0.1, 0.15) is 11.1 Å². The largest absolute Gasteiger partial charge is 0.358 e. The maximum absolute atomic E-state index is 9.06. The molecule has 2 bridgehead atoms. The average molecular weight is 139 g/mol. The summed E-state index contributed by atoms with van der Waals surface area (Å²) < 4.78 is 0. The van der Waals surface area contributed by atoms with Crippen molar-refractivity contribution < 1.29 is 10.2 Å². The van der Waals surface area contributed by atoms with Crippen molar-refractivity contribution in [2.75, 3.05) is 0 Å². The topological polar surface area (TPSA) is 75.5 Å². The molecule has 5 N–H and O–H groups in total. The molecule has 0 spiro atoms. The molecule has 0 fully saturated rings. The SMILES string of the molecule is N.OC1(O)c2cccc1c2. The monoisotopic (exact) mass is 139 g/mol. The van der Waals surface area contributed by atoms with Crippen molar-refractivity contribution in [3.8, 4) is 0 Å². The van der Waals surface area contributed by atoms with Gasteiger partial charge in [-0.1, -0.05) is 18.2 Å². The summed E-state index contributed by atoms with van der Waals surface area (Å²) in [7, 11) is 0. The zero-order valence-electron chi connectivity index (χ0n) is 5.41. The Morgan fingerprint density at radius 1 is 1.10 bits per heavy atom. The van der Waals surface area contributed by atoms with Gasteiger partial charge in [0, 0.05) is 11.1 Å². The van der Waals surface area contributed by atoms with Crippen LogP contribution in [0.2, 0.25) is 0 Å². The lowest BCUT2D eigenvalue weighted by molar-refractivity contribution is -0.143. The first-order valence-corrected chi connectivity index (χ1v) is 2.77. The molecule has 3 heteroatoms. The van der Waals surface area contributed by atoms with Gasteiger partial charge >= 0.3 is 0 Å². The van der Waals surface area contributed by atoms with Gasteiger partial charge < -0.3 is 16.4 Å². The summed E-state index contributed by atoms with van der Waals surface area (Å²) in [4.78, 5) is 0. The van der Waals surface area contributed by atoms with Gasteiger partial charge in [-0.15, -0.1) is 0 Å². The van der Waals surface area contributed by atoms with Gasteiger partial charge in [0.25, 0.3) is 0 Å². The van der Waals surface area contributed by atoms with Crippen LogP contribution in [-0.2, 0) is 5.79 Å². The van der Waals surface area contributed by atoms with Crippen LogP contribution in [-0.4, -0.2) is 10.2 Å². The molecular formula is C7H9NO2. The third-order valence-electron chi connectivity index (χ3n) is 1.67. The van der Waals surface area contributed by atoms with Crippen LogP contribution in [0.15, 0.2) is 24.3 Å². The molecule has 3 rings (SSSR count). The van der Waals surface area contributed by atoms with Crippen LogP contribution < -0.4 is 6.15 Å². The van der Waals surface area contributed by atoms with E-state index in [1.54, 1.807) is 24.3 Å². The highest BCUT2D eigenvalue weighted by Crippen LogP contribution is 2.35. The third-order valence-corrected chi connectivity index (χ3v) is 1.67. The Hall–Kier alpha value is -0.900. The Labute approximate surface area is 58.5 Å². The lowest BCUT2D eigenvalue weighted by atomic mass is 9.86. The molecule has 0 aliphatic heterocycles. The molecule has 54 valence electrons. The molecule has 0 saturated carbocycles. The minimum absolute atomic E-state index is 0. The van der Waals surface area contributed by atoms with Crippen molar-refractivity contribution in [1.82, 2.24) is 6.15 Å². The fourth-order valence-corrected chi connectivity index (χ4v) is 1.04. The maximum Gasteiger partial charge on any atom is 0.217 e. The van der Waals surface area contributed by atoms with E-state index in [4.69, 9.17) is 10.2 Å². The molecule has 0 aromatic heterocycles. The van der Waals surface area contributed by atoms with Crippen LogP contribution in [0.3, 0.4) is 0 Å². The van der Waals surface area contributed by atoms with Crippen LogP contribution in [0.5, 0.6) is 0 Å². The van der Waals surface area contributed by atoms with Crippen LogP contribution in [0.4, 0.5) is 0 Å². The van der Waals surface area contributed by atoms with Gasteiger partial charge in [-0.05, 0) is 6.07 Å². The quantitative estimate of drug-likeness (QED) is 0.454. The van der Waals surface area contributed by atoms with E-state index >= 15 is 0 Å². The van der Waals surface area contributed by atoms with Crippen molar-refractivity contribution >= 4 is 0 Å². The summed E-state index contributed by atoms with van der Waals surface area (Å²) in [6.07, 6.45) is 0.